The van der Waals surface area contributed by atoms with Crippen LogP contribution in [0.4, 0.5) is 10.1 Å². The summed E-state index contributed by atoms with van der Waals surface area (Å²) in [5, 5.41) is 52.8. The number of anilines is 1. The molecule has 1 saturated heterocycles. The SMILES string of the molecule is CC(=O)NCCN[C@@H]1C(=O)C(C(N)=O)=C(O)[C@@]2(O)C(=O)C3=C(O)c4c(O)c(NC(=O)CN5CCCC5)cc(F)c4C[C@H]3C[C@@H]12. The number of primary amides is 1. The number of amides is 3. The number of carbonyl (C=O) groups excluding carboxylic acids is 5. The standard InChI is InChI=1S/C29H34FN5O9/c1-12(36)32-4-5-33-22-15-9-13-8-14-16(30)10-17(34-18(37)11-35-6-2-3-7-35)23(38)20(14)24(39)19(13)26(41)29(15,44)27(42)21(25(22)40)28(31)43/h10,13,15,22,33,38-39,42,44H,2-9,11H2,1H3,(H2,31,43)(H,32,36)(H,34,37)/t13-,15-,22-,29-/m0/s1. The first-order valence-corrected chi connectivity index (χ1v) is 14.3. The van der Waals surface area contributed by atoms with Crippen molar-refractivity contribution >= 4 is 40.7 Å². The maximum atomic E-state index is 15.5. The second kappa shape index (κ2) is 11.6. The highest BCUT2D eigenvalue weighted by molar-refractivity contribution is 6.24. The summed E-state index contributed by atoms with van der Waals surface area (Å²) in [4.78, 5) is 65.2. The number of rotatable bonds is 8. The quantitative estimate of drug-likeness (QED) is 0.104. The van der Waals surface area contributed by atoms with Gasteiger partial charge < -0.3 is 42.1 Å². The lowest BCUT2D eigenvalue weighted by Gasteiger charge is -2.49. The molecule has 14 nitrogen and oxygen atoms in total. The molecule has 9 N–H and O–H groups in total. The first-order valence-electron chi connectivity index (χ1n) is 14.3. The maximum Gasteiger partial charge on any atom is 0.255 e. The van der Waals surface area contributed by atoms with Gasteiger partial charge in [-0.3, -0.25) is 28.9 Å². The monoisotopic (exact) mass is 615 g/mol. The number of phenolic OH excluding ortho intramolecular Hbond substituents is 1. The molecular formula is C29H34FN5O9. The van der Waals surface area contributed by atoms with Crippen molar-refractivity contribution in [3.05, 3.63) is 39.9 Å². The molecule has 4 atom stereocenters. The Balaban J connectivity index is 1.54. The molecular weight excluding hydrogens is 581 g/mol. The van der Waals surface area contributed by atoms with Crippen molar-refractivity contribution in [2.75, 3.05) is 38.0 Å². The van der Waals surface area contributed by atoms with Gasteiger partial charge in [0.15, 0.2) is 17.1 Å². The molecule has 44 heavy (non-hydrogen) atoms. The van der Waals surface area contributed by atoms with Gasteiger partial charge in [0, 0.05) is 43.1 Å². The zero-order chi connectivity index (χ0) is 32.1. The Morgan fingerprint density at radius 1 is 1.14 bits per heavy atom. The third kappa shape index (κ3) is 5.10. The molecule has 0 spiro atoms. The lowest BCUT2D eigenvalue weighted by atomic mass is 9.57. The van der Waals surface area contributed by atoms with Gasteiger partial charge in [-0.2, -0.15) is 0 Å². The summed E-state index contributed by atoms with van der Waals surface area (Å²) < 4.78 is 15.5. The number of phenols is 1. The predicted molar refractivity (Wildman–Crippen MR) is 152 cm³/mol. The molecule has 0 radical (unpaired) electrons. The van der Waals surface area contributed by atoms with E-state index >= 15 is 4.39 Å². The zero-order valence-electron chi connectivity index (χ0n) is 23.9. The van der Waals surface area contributed by atoms with Crippen molar-refractivity contribution in [2.45, 2.75) is 44.2 Å². The number of aromatic hydroxyl groups is 1. The van der Waals surface area contributed by atoms with Gasteiger partial charge >= 0.3 is 0 Å². The molecule has 0 aromatic heterocycles. The first kappa shape index (κ1) is 31.1. The van der Waals surface area contributed by atoms with Crippen LogP contribution in [0.3, 0.4) is 0 Å². The van der Waals surface area contributed by atoms with Crippen LogP contribution in [-0.2, 0) is 30.4 Å². The number of ketones is 2. The van der Waals surface area contributed by atoms with E-state index in [9.17, 15) is 44.4 Å². The van der Waals surface area contributed by atoms with Gasteiger partial charge in [-0.25, -0.2) is 4.39 Å². The number of benzene rings is 1. The Hall–Kier alpha value is -4.34. The molecule has 1 aliphatic heterocycles. The van der Waals surface area contributed by atoms with E-state index in [4.69, 9.17) is 5.73 Å². The van der Waals surface area contributed by atoms with Gasteiger partial charge in [0.25, 0.3) is 5.91 Å². The summed E-state index contributed by atoms with van der Waals surface area (Å²) in [6.07, 6.45) is 1.39. The second-order valence-electron chi connectivity index (χ2n) is 11.6. The number of hydrogen-bond donors (Lipinski definition) is 8. The maximum absolute atomic E-state index is 15.5. The highest BCUT2D eigenvalue weighted by Gasteiger charge is 2.63. The third-order valence-corrected chi connectivity index (χ3v) is 8.85. The van der Waals surface area contributed by atoms with Crippen molar-refractivity contribution in [2.24, 2.45) is 17.6 Å². The summed E-state index contributed by atoms with van der Waals surface area (Å²) in [5.41, 5.74) is 0.0520. The summed E-state index contributed by atoms with van der Waals surface area (Å²) in [7, 11) is 0. The molecule has 3 aliphatic carbocycles. The van der Waals surface area contributed by atoms with E-state index in [0.717, 1.165) is 18.9 Å². The summed E-state index contributed by atoms with van der Waals surface area (Å²) in [6.45, 7) is 2.74. The molecule has 4 aliphatic rings. The van der Waals surface area contributed by atoms with E-state index in [0.29, 0.717) is 13.1 Å². The van der Waals surface area contributed by atoms with Crippen LogP contribution in [0.1, 0.15) is 37.3 Å². The molecule has 5 rings (SSSR count). The number of nitrogens with one attached hydrogen (secondary N) is 3. The molecule has 236 valence electrons. The van der Waals surface area contributed by atoms with E-state index in [1.54, 1.807) is 0 Å². The van der Waals surface area contributed by atoms with Crippen LogP contribution in [0.25, 0.3) is 5.76 Å². The summed E-state index contributed by atoms with van der Waals surface area (Å²) >= 11 is 0. The number of halogens is 1. The van der Waals surface area contributed by atoms with E-state index in [-0.39, 0.29) is 49.6 Å². The summed E-state index contributed by atoms with van der Waals surface area (Å²) in [6, 6.07) is -0.507. The van der Waals surface area contributed by atoms with Gasteiger partial charge in [0.1, 0.15) is 22.9 Å². The smallest absolute Gasteiger partial charge is 0.255 e. The number of Topliss-reactive ketones (excluding diaryl/α,β-unsaturated/α-hetero) is 2. The van der Waals surface area contributed by atoms with Crippen molar-refractivity contribution in [1.82, 2.24) is 15.5 Å². The topological polar surface area (TPSA) is 232 Å². The Morgan fingerprint density at radius 2 is 1.82 bits per heavy atom. The predicted octanol–water partition coefficient (Wildman–Crippen LogP) is -0.698. The first-order chi connectivity index (χ1) is 20.8. The molecule has 1 saturated carbocycles. The number of fused-ring (bicyclic) bond motifs is 3. The van der Waals surface area contributed by atoms with Crippen LogP contribution in [0.15, 0.2) is 23.0 Å². The van der Waals surface area contributed by atoms with Crippen molar-refractivity contribution in [3.63, 3.8) is 0 Å². The number of nitrogens with two attached hydrogens (primary N) is 1. The third-order valence-electron chi connectivity index (χ3n) is 8.85. The van der Waals surface area contributed by atoms with Crippen LogP contribution in [0.2, 0.25) is 0 Å². The number of aliphatic hydroxyl groups is 3. The van der Waals surface area contributed by atoms with E-state index < -0.39 is 86.7 Å². The minimum absolute atomic E-state index is 0.00669. The minimum Gasteiger partial charge on any atom is -0.508 e. The number of carbonyl (C=O) groups is 5. The number of hydrogen-bond acceptors (Lipinski definition) is 11. The van der Waals surface area contributed by atoms with Gasteiger partial charge in [0.05, 0.1) is 23.8 Å². The van der Waals surface area contributed by atoms with E-state index in [2.05, 4.69) is 16.0 Å². The average Bonchev–Trinajstić information content (AvgIpc) is 3.45. The lowest BCUT2D eigenvalue weighted by Crippen LogP contribution is -2.66. The number of nitrogens with zero attached hydrogens (tertiary/aromatic N) is 1. The van der Waals surface area contributed by atoms with Crippen molar-refractivity contribution in [3.8, 4) is 5.75 Å². The molecule has 0 unspecified atom stereocenters. The van der Waals surface area contributed by atoms with E-state index in [1.165, 1.54) is 6.92 Å². The van der Waals surface area contributed by atoms with Crippen LogP contribution in [0.5, 0.6) is 5.75 Å². The van der Waals surface area contributed by atoms with Gasteiger partial charge in [-0.1, -0.05) is 0 Å². The Kier molecular flexibility index (Phi) is 8.22. The highest BCUT2D eigenvalue weighted by Crippen LogP contribution is 2.53. The van der Waals surface area contributed by atoms with Crippen molar-refractivity contribution < 1.29 is 48.8 Å². The normalized spacial score (nSPS) is 26.7. The van der Waals surface area contributed by atoms with E-state index in [1.807, 2.05) is 4.90 Å². The fraction of sp³-hybridized carbons (Fsp3) is 0.483. The molecule has 3 amide bonds. The summed E-state index contributed by atoms with van der Waals surface area (Å²) in [5.74, 6) is -10.6. The van der Waals surface area contributed by atoms with Crippen LogP contribution >= 0.6 is 0 Å². The molecule has 1 aromatic rings. The van der Waals surface area contributed by atoms with Gasteiger partial charge in [0.2, 0.25) is 17.6 Å². The van der Waals surface area contributed by atoms with Gasteiger partial charge in [-0.15, -0.1) is 0 Å². The van der Waals surface area contributed by atoms with Crippen LogP contribution in [-0.4, -0.2) is 99.0 Å². The Morgan fingerprint density at radius 3 is 2.45 bits per heavy atom. The number of aliphatic hydroxyl groups excluding tert-OH is 2. The zero-order valence-corrected chi connectivity index (χ0v) is 23.9. The van der Waals surface area contributed by atoms with Crippen LogP contribution in [0, 0.1) is 17.7 Å². The molecule has 15 heteroatoms. The fourth-order valence-electron chi connectivity index (χ4n) is 6.83. The molecule has 0 bridgehead atoms. The highest BCUT2D eigenvalue weighted by atomic mass is 19.1. The van der Waals surface area contributed by atoms with Crippen molar-refractivity contribution in [1.29, 1.82) is 0 Å². The van der Waals surface area contributed by atoms with Crippen LogP contribution < -0.4 is 21.7 Å². The molecule has 2 fully saturated rings. The molecule has 1 heterocycles. The minimum atomic E-state index is -2.89. The second-order valence-corrected chi connectivity index (χ2v) is 11.6. The Labute approximate surface area is 250 Å². The largest absolute Gasteiger partial charge is 0.508 e. The fourth-order valence-corrected chi connectivity index (χ4v) is 6.83. The Bertz CT molecular complexity index is 1530. The molecule has 1 aromatic carbocycles. The lowest BCUT2D eigenvalue weighted by molar-refractivity contribution is -0.150. The number of likely N-dealkylation sites (tertiary alicyclic amines) is 1. The average molecular weight is 616 g/mol. The van der Waals surface area contributed by atoms with Gasteiger partial charge in [-0.05, 0) is 44.7 Å².